The van der Waals surface area contributed by atoms with Gasteiger partial charge in [-0.15, -0.1) is 0 Å². The average Bonchev–Trinajstić information content (AvgIpc) is 2.89. The lowest BCUT2D eigenvalue weighted by atomic mass is 10.2. The van der Waals surface area contributed by atoms with Crippen molar-refractivity contribution in [2.24, 2.45) is 0 Å². The molecule has 20 heavy (non-hydrogen) atoms. The van der Waals surface area contributed by atoms with Crippen molar-refractivity contribution in [2.45, 2.75) is 38.6 Å². The van der Waals surface area contributed by atoms with Crippen molar-refractivity contribution < 1.29 is 24.1 Å². The number of benzene rings is 1. The molecule has 2 unspecified atom stereocenters. The van der Waals surface area contributed by atoms with Gasteiger partial charge >= 0.3 is 0 Å². The van der Waals surface area contributed by atoms with Gasteiger partial charge in [0, 0.05) is 0 Å². The van der Waals surface area contributed by atoms with Crippen LogP contribution in [0.15, 0.2) is 12.1 Å². The molecule has 2 atom stereocenters. The standard InChI is InChI=1S/C15H22O5/c1-10-4-5-12(20-10)9-19-15-13(17-2)6-11(8-16)7-14(15)18-3/h6-7,10,12,16H,4-5,8-9H2,1-3H3. The molecule has 1 fully saturated rings. The van der Waals surface area contributed by atoms with Gasteiger partial charge in [0.1, 0.15) is 6.61 Å². The lowest BCUT2D eigenvalue weighted by molar-refractivity contribution is 0.0253. The van der Waals surface area contributed by atoms with Gasteiger partial charge in [-0.3, -0.25) is 0 Å². The van der Waals surface area contributed by atoms with E-state index in [0.717, 1.165) is 18.4 Å². The van der Waals surface area contributed by atoms with Gasteiger partial charge in [-0.1, -0.05) is 0 Å². The normalized spacial score (nSPS) is 21.8. The molecule has 1 saturated heterocycles. The molecule has 1 aromatic carbocycles. The fourth-order valence-electron chi connectivity index (χ4n) is 2.35. The van der Waals surface area contributed by atoms with Gasteiger partial charge in [-0.2, -0.15) is 0 Å². The van der Waals surface area contributed by atoms with E-state index < -0.39 is 0 Å². The minimum atomic E-state index is -0.0732. The van der Waals surface area contributed by atoms with E-state index in [-0.39, 0.29) is 12.7 Å². The Morgan fingerprint density at radius 3 is 2.30 bits per heavy atom. The summed E-state index contributed by atoms with van der Waals surface area (Å²) in [4.78, 5) is 0. The number of rotatable bonds is 6. The van der Waals surface area contributed by atoms with Crippen LogP contribution >= 0.6 is 0 Å². The van der Waals surface area contributed by atoms with Crippen LogP contribution in [0.2, 0.25) is 0 Å². The molecule has 0 spiro atoms. The topological polar surface area (TPSA) is 57.2 Å². The fraction of sp³-hybridized carbons (Fsp3) is 0.600. The Kier molecular flexibility index (Phi) is 5.09. The van der Waals surface area contributed by atoms with Gasteiger partial charge in [0.25, 0.3) is 0 Å². The second kappa shape index (κ2) is 6.81. The first-order valence-electron chi connectivity index (χ1n) is 6.82. The molecule has 5 heteroatoms. The molecule has 2 rings (SSSR count). The highest BCUT2D eigenvalue weighted by atomic mass is 16.6. The van der Waals surface area contributed by atoms with E-state index in [4.69, 9.17) is 18.9 Å². The molecule has 0 amide bonds. The molecule has 1 N–H and O–H groups in total. The summed E-state index contributed by atoms with van der Waals surface area (Å²) in [5, 5.41) is 9.23. The summed E-state index contributed by atoms with van der Waals surface area (Å²) >= 11 is 0. The Labute approximate surface area is 119 Å². The monoisotopic (exact) mass is 282 g/mol. The van der Waals surface area contributed by atoms with Crippen molar-refractivity contribution in [3.05, 3.63) is 17.7 Å². The second-order valence-electron chi connectivity index (χ2n) is 4.94. The summed E-state index contributed by atoms with van der Waals surface area (Å²) in [5.74, 6) is 1.66. The molecular formula is C15H22O5. The highest BCUT2D eigenvalue weighted by molar-refractivity contribution is 5.53. The highest BCUT2D eigenvalue weighted by Crippen LogP contribution is 2.39. The summed E-state index contributed by atoms with van der Waals surface area (Å²) in [6.07, 6.45) is 2.47. The smallest absolute Gasteiger partial charge is 0.203 e. The molecule has 1 aliphatic rings. The van der Waals surface area contributed by atoms with Crippen LogP contribution < -0.4 is 14.2 Å². The molecule has 0 saturated carbocycles. The Morgan fingerprint density at radius 2 is 1.85 bits per heavy atom. The zero-order valence-electron chi connectivity index (χ0n) is 12.2. The van der Waals surface area contributed by atoms with E-state index in [1.54, 1.807) is 26.4 Å². The highest BCUT2D eigenvalue weighted by Gasteiger charge is 2.23. The number of methoxy groups -OCH3 is 2. The Bertz CT molecular complexity index is 421. The lowest BCUT2D eigenvalue weighted by Crippen LogP contribution is -2.18. The number of hydrogen-bond donors (Lipinski definition) is 1. The molecule has 1 heterocycles. The van der Waals surface area contributed by atoms with Gasteiger partial charge in [0.05, 0.1) is 33.0 Å². The Balaban J connectivity index is 2.12. The minimum Gasteiger partial charge on any atom is -0.493 e. The van der Waals surface area contributed by atoms with E-state index in [1.807, 2.05) is 0 Å². The third-order valence-electron chi connectivity index (χ3n) is 3.44. The predicted molar refractivity (Wildman–Crippen MR) is 74.5 cm³/mol. The largest absolute Gasteiger partial charge is 0.493 e. The summed E-state index contributed by atoms with van der Waals surface area (Å²) in [7, 11) is 3.13. The third kappa shape index (κ3) is 3.35. The fourth-order valence-corrected chi connectivity index (χ4v) is 2.35. The van der Waals surface area contributed by atoms with Gasteiger partial charge in [0.15, 0.2) is 11.5 Å². The predicted octanol–water partition coefficient (Wildman–Crippen LogP) is 2.14. The van der Waals surface area contributed by atoms with Crippen LogP contribution in [0, 0.1) is 0 Å². The SMILES string of the molecule is COc1cc(CO)cc(OC)c1OCC1CCC(C)O1. The zero-order valence-corrected chi connectivity index (χ0v) is 12.2. The second-order valence-corrected chi connectivity index (χ2v) is 4.94. The van der Waals surface area contributed by atoms with Gasteiger partial charge < -0.3 is 24.1 Å². The van der Waals surface area contributed by atoms with Gasteiger partial charge in [-0.25, -0.2) is 0 Å². The maximum atomic E-state index is 9.23. The molecule has 5 nitrogen and oxygen atoms in total. The lowest BCUT2D eigenvalue weighted by Gasteiger charge is -2.18. The summed E-state index contributed by atoms with van der Waals surface area (Å²) in [5.41, 5.74) is 0.719. The van der Waals surface area contributed by atoms with Crippen LogP contribution in [0.5, 0.6) is 17.2 Å². The van der Waals surface area contributed by atoms with Crippen LogP contribution in [0.25, 0.3) is 0 Å². The van der Waals surface area contributed by atoms with Crippen LogP contribution in [0.4, 0.5) is 0 Å². The molecule has 0 bridgehead atoms. The van der Waals surface area contributed by atoms with Crippen molar-refractivity contribution in [2.75, 3.05) is 20.8 Å². The first kappa shape index (κ1) is 14.9. The van der Waals surface area contributed by atoms with Gasteiger partial charge in [0.2, 0.25) is 5.75 Å². The maximum absolute atomic E-state index is 9.23. The van der Waals surface area contributed by atoms with E-state index in [9.17, 15) is 5.11 Å². The Hall–Kier alpha value is -1.46. The number of hydrogen-bond acceptors (Lipinski definition) is 5. The summed E-state index contributed by atoms with van der Waals surface area (Å²) in [6.45, 7) is 2.46. The van der Waals surface area contributed by atoms with E-state index in [0.29, 0.717) is 30.0 Å². The van der Waals surface area contributed by atoms with Crippen LogP contribution in [0.3, 0.4) is 0 Å². The molecule has 0 aliphatic carbocycles. The maximum Gasteiger partial charge on any atom is 0.203 e. The summed E-state index contributed by atoms with van der Waals surface area (Å²) < 4.78 is 22.2. The third-order valence-corrected chi connectivity index (χ3v) is 3.44. The van der Waals surface area contributed by atoms with Crippen molar-refractivity contribution in [3.63, 3.8) is 0 Å². The number of aliphatic hydroxyl groups is 1. The van der Waals surface area contributed by atoms with Crippen LogP contribution in [-0.4, -0.2) is 38.1 Å². The first-order chi connectivity index (χ1) is 9.67. The molecule has 112 valence electrons. The van der Waals surface area contributed by atoms with Crippen molar-refractivity contribution >= 4 is 0 Å². The Morgan fingerprint density at radius 1 is 1.20 bits per heavy atom. The van der Waals surface area contributed by atoms with Gasteiger partial charge in [-0.05, 0) is 37.5 Å². The van der Waals surface area contributed by atoms with Crippen molar-refractivity contribution in [1.29, 1.82) is 0 Å². The molecule has 1 aliphatic heterocycles. The van der Waals surface area contributed by atoms with Crippen molar-refractivity contribution in [3.8, 4) is 17.2 Å². The average molecular weight is 282 g/mol. The number of ether oxygens (including phenoxy) is 4. The molecular weight excluding hydrogens is 260 g/mol. The molecule has 0 radical (unpaired) electrons. The van der Waals surface area contributed by atoms with E-state index >= 15 is 0 Å². The van der Waals surface area contributed by atoms with E-state index in [2.05, 4.69) is 6.92 Å². The first-order valence-corrected chi connectivity index (χ1v) is 6.82. The zero-order chi connectivity index (χ0) is 14.5. The van der Waals surface area contributed by atoms with E-state index in [1.165, 1.54) is 0 Å². The van der Waals surface area contributed by atoms with Crippen molar-refractivity contribution in [1.82, 2.24) is 0 Å². The number of aliphatic hydroxyl groups excluding tert-OH is 1. The quantitative estimate of drug-likeness (QED) is 0.866. The summed E-state index contributed by atoms with van der Waals surface area (Å²) in [6, 6.07) is 3.49. The molecule has 0 aromatic heterocycles. The minimum absolute atomic E-state index is 0.0732. The molecule has 1 aromatic rings. The van der Waals surface area contributed by atoms with Crippen LogP contribution in [0.1, 0.15) is 25.3 Å². The van der Waals surface area contributed by atoms with Crippen LogP contribution in [-0.2, 0) is 11.3 Å².